The van der Waals surface area contributed by atoms with E-state index in [1.165, 1.54) is 18.4 Å². The lowest BCUT2D eigenvalue weighted by atomic mass is 9.75. The van der Waals surface area contributed by atoms with Gasteiger partial charge in [0.05, 0.1) is 18.4 Å². The third kappa shape index (κ3) is 6.97. The number of rotatable bonds is 11. The maximum absolute atomic E-state index is 12.4. The predicted octanol–water partition coefficient (Wildman–Crippen LogP) is 3.14. The van der Waals surface area contributed by atoms with Crippen molar-refractivity contribution in [1.82, 2.24) is 14.7 Å². The van der Waals surface area contributed by atoms with Gasteiger partial charge < -0.3 is 19.8 Å². The number of cyclic esters (lactones) is 1. The number of aliphatic carboxylic acids is 2. The van der Waals surface area contributed by atoms with Gasteiger partial charge in [-0.3, -0.25) is 19.4 Å². The van der Waals surface area contributed by atoms with Gasteiger partial charge >= 0.3 is 18.0 Å². The summed E-state index contributed by atoms with van der Waals surface area (Å²) in [5.74, 6) is -1.41. The first kappa shape index (κ1) is 26.4. The highest BCUT2D eigenvalue weighted by atomic mass is 16.6. The number of carboxylic acid groups (broad SMARTS) is 2. The van der Waals surface area contributed by atoms with Gasteiger partial charge in [-0.1, -0.05) is 30.3 Å². The number of likely N-dealkylation sites (tertiary alicyclic amines) is 2. The van der Waals surface area contributed by atoms with Gasteiger partial charge in [0, 0.05) is 19.6 Å². The number of nitrogens with zero attached hydrogens (tertiary/aromatic N) is 3. The van der Waals surface area contributed by atoms with Gasteiger partial charge in [0.25, 0.3) is 0 Å². The SMILES string of the molecule is O=C(O)CC1(C(=O)O)CCN(CC2CN(CCCC3CCN(Cc4ccccc4)CC3)C(=O)O2)CC1. The second-order valence-corrected chi connectivity index (χ2v) is 10.8. The lowest BCUT2D eigenvalue weighted by molar-refractivity contribution is -0.159. The Kier molecular flexibility index (Phi) is 8.85. The summed E-state index contributed by atoms with van der Waals surface area (Å²) in [6.45, 7) is 6.09. The molecule has 1 aromatic carbocycles. The fourth-order valence-corrected chi connectivity index (χ4v) is 5.91. The van der Waals surface area contributed by atoms with Crippen LogP contribution in [0.5, 0.6) is 0 Å². The van der Waals surface area contributed by atoms with Gasteiger partial charge in [-0.15, -0.1) is 0 Å². The molecule has 9 heteroatoms. The van der Waals surface area contributed by atoms with Crippen LogP contribution in [0.2, 0.25) is 0 Å². The van der Waals surface area contributed by atoms with Crippen LogP contribution in [-0.2, 0) is 20.9 Å². The van der Waals surface area contributed by atoms with Crippen LogP contribution >= 0.6 is 0 Å². The molecule has 3 aliphatic rings. The molecule has 0 spiro atoms. The summed E-state index contributed by atoms with van der Waals surface area (Å²) in [7, 11) is 0. The average molecular weight is 502 g/mol. The van der Waals surface area contributed by atoms with Gasteiger partial charge in [0.1, 0.15) is 6.10 Å². The summed E-state index contributed by atoms with van der Waals surface area (Å²) in [6.07, 6.45) is 4.26. The van der Waals surface area contributed by atoms with Gasteiger partial charge in [-0.2, -0.15) is 0 Å². The molecule has 1 atom stereocenters. The quantitative estimate of drug-likeness (QED) is 0.476. The van der Waals surface area contributed by atoms with Crippen molar-refractivity contribution in [3.63, 3.8) is 0 Å². The fourth-order valence-electron chi connectivity index (χ4n) is 5.91. The van der Waals surface area contributed by atoms with Gasteiger partial charge in [0.15, 0.2) is 0 Å². The maximum Gasteiger partial charge on any atom is 0.410 e. The molecular formula is C27H39N3O6. The van der Waals surface area contributed by atoms with Crippen LogP contribution < -0.4 is 0 Å². The van der Waals surface area contributed by atoms with Crippen LogP contribution in [0.15, 0.2) is 30.3 Å². The van der Waals surface area contributed by atoms with Crippen molar-refractivity contribution in [2.24, 2.45) is 11.3 Å². The molecular weight excluding hydrogens is 462 g/mol. The molecule has 1 amide bonds. The molecule has 3 fully saturated rings. The van der Waals surface area contributed by atoms with Crippen molar-refractivity contribution in [3.05, 3.63) is 35.9 Å². The van der Waals surface area contributed by atoms with Crippen molar-refractivity contribution in [1.29, 1.82) is 0 Å². The first-order chi connectivity index (χ1) is 17.3. The second kappa shape index (κ2) is 12.1. The Morgan fingerprint density at radius 3 is 2.33 bits per heavy atom. The number of hydrogen-bond donors (Lipinski definition) is 2. The normalized spacial score (nSPS) is 23.5. The van der Waals surface area contributed by atoms with E-state index in [-0.39, 0.29) is 18.6 Å². The molecule has 198 valence electrons. The summed E-state index contributed by atoms with van der Waals surface area (Å²) < 4.78 is 5.58. The molecule has 0 radical (unpaired) electrons. The second-order valence-electron chi connectivity index (χ2n) is 10.8. The number of carbonyl (C=O) groups excluding carboxylic acids is 1. The van der Waals surface area contributed by atoms with E-state index in [4.69, 9.17) is 9.84 Å². The van der Waals surface area contributed by atoms with E-state index in [1.807, 2.05) is 0 Å². The average Bonchev–Trinajstić information content (AvgIpc) is 3.20. The van der Waals surface area contributed by atoms with Crippen LogP contribution in [0.3, 0.4) is 0 Å². The van der Waals surface area contributed by atoms with Crippen molar-refractivity contribution in [2.45, 2.75) is 57.6 Å². The topological polar surface area (TPSA) is 111 Å². The Morgan fingerprint density at radius 1 is 1.00 bits per heavy atom. The zero-order valence-corrected chi connectivity index (χ0v) is 21.0. The molecule has 36 heavy (non-hydrogen) atoms. The summed E-state index contributed by atoms with van der Waals surface area (Å²) in [5.41, 5.74) is 0.169. The molecule has 0 bridgehead atoms. The summed E-state index contributed by atoms with van der Waals surface area (Å²) in [6, 6.07) is 10.6. The Hall–Kier alpha value is -2.65. The van der Waals surface area contributed by atoms with E-state index in [0.717, 1.165) is 32.5 Å². The highest BCUT2D eigenvalue weighted by molar-refractivity contribution is 5.81. The van der Waals surface area contributed by atoms with Crippen molar-refractivity contribution in [2.75, 3.05) is 45.8 Å². The number of piperidine rings is 2. The zero-order chi connectivity index (χ0) is 25.5. The number of amides is 1. The maximum atomic E-state index is 12.4. The van der Waals surface area contributed by atoms with Crippen LogP contribution in [0.4, 0.5) is 4.79 Å². The van der Waals surface area contributed by atoms with Crippen molar-refractivity contribution >= 4 is 18.0 Å². The van der Waals surface area contributed by atoms with Crippen LogP contribution in [0.25, 0.3) is 0 Å². The van der Waals surface area contributed by atoms with E-state index in [0.29, 0.717) is 51.5 Å². The number of benzene rings is 1. The van der Waals surface area contributed by atoms with Gasteiger partial charge in [0.2, 0.25) is 0 Å². The molecule has 1 unspecified atom stereocenters. The van der Waals surface area contributed by atoms with Crippen molar-refractivity contribution < 1.29 is 29.3 Å². The van der Waals surface area contributed by atoms with E-state index in [9.17, 15) is 19.5 Å². The fraction of sp³-hybridized carbons (Fsp3) is 0.667. The third-order valence-electron chi connectivity index (χ3n) is 8.16. The molecule has 9 nitrogen and oxygen atoms in total. The molecule has 3 heterocycles. The largest absolute Gasteiger partial charge is 0.481 e. The van der Waals surface area contributed by atoms with Gasteiger partial charge in [-0.25, -0.2) is 4.79 Å². The summed E-state index contributed by atoms with van der Waals surface area (Å²) >= 11 is 0. The monoisotopic (exact) mass is 501 g/mol. The Bertz CT molecular complexity index is 894. The minimum absolute atomic E-state index is 0.226. The zero-order valence-electron chi connectivity index (χ0n) is 21.0. The van der Waals surface area contributed by atoms with Crippen LogP contribution in [0.1, 0.15) is 50.5 Å². The van der Waals surface area contributed by atoms with Gasteiger partial charge in [-0.05, 0) is 76.2 Å². The highest BCUT2D eigenvalue weighted by Crippen LogP contribution is 2.35. The lowest BCUT2D eigenvalue weighted by Crippen LogP contribution is -2.47. The molecule has 2 N–H and O–H groups in total. The number of carbonyl (C=O) groups is 3. The van der Waals surface area contributed by atoms with E-state index < -0.39 is 17.4 Å². The first-order valence-corrected chi connectivity index (χ1v) is 13.2. The molecule has 0 aliphatic carbocycles. The molecule has 3 saturated heterocycles. The minimum Gasteiger partial charge on any atom is -0.481 e. The molecule has 0 aromatic heterocycles. The smallest absolute Gasteiger partial charge is 0.410 e. The molecule has 4 rings (SSSR count). The van der Waals surface area contributed by atoms with Crippen LogP contribution in [-0.4, -0.2) is 94.9 Å². The van der Waals surface area contributed by atoms with E-state index in [1.54, 1.807) is 4.90 Å². The number of ether oxygens (including phenoxy) is 1. The molecule has 0 saturated carbocycles. The van der Waals surface area contributed by atoms with Crippen LogP contribution in [0, 0.1) is 11.3 Å². The molecule has 3 aliphatic heterocycles. The Balaban J connectivity index is 1.12. The highest BCUT2D eigenvalue weighted by Gasteiger charge is 2.44. The van der Waals surface area contributed by atoms with E-state index >= 15 is 0 Å². The first-order valence-electron chi connectivity index (χ1n) is 13.2. The Morgan fingerprint density at radius 2 is 1.69 bits per heavy atom. The van der Waals surface area contributed by atoms with Crippen molar-refractivity contribution in [3.8, 4) is 0 Å². The summed E-state index contributed by atoms with van der Waals surface area (Å²) in [5, 5.41) is 18.7. The Labute approximate surface area is 213 Å². The number of carboxylic acids is 2. The minimum atomic E-state index is -1.20. The number of hydrogen-bond acceptors (Lipinski definition) is 6. The predicted molar refractivity (Wildman–Crippen MR) is 134 cm³/mol. The molecule has 1 aromatic rings. The lowest BCUT2D eigenvalue weighted by Gasteiger charge is -2.38. The standard InChI is InChI=1S/C27H39N3O6/c31-24(32)17-27(25(33)34)10-15-29(16-11-27)19-23-20-30(26(35)36-23)12-4-7-21-8-13-28(14-9-21)18-22-5-2-1-3-6-22/h1-3,5-6,21,23H,4,7-20H2,(H,31,32)(H,33,34). The van der Waals surface area contributed by atoms with E-state index in [2.05, 4.69) is 40.1 Å². The summed E-state index contributed by atoms with van der Waals surface area (Å²) in [4.78, 5) is 41.6. The third-order valence-corrected chi connectivity index (χ3v) is 8.16.